The molecule has 0 radical (unpaired) electrons. The van der Waals surface area contributed by atoms with Crippen molar-refractivity contribution in [2.45, 2.75) is 12.6 Å². The number of fused-ring (bicyclic) bond motifs is 3. The number of carbonyl (C=O) groups is 1. The molecule has 1 saturated heterocycles. The average molecular weight is 456 g/mol. The largest absolute Gasteiger partial charge is 0.474 e. The number of nitrogens with one attached hydrogen (secondary N) is 2. The van der Waals surface area contributed by atoms with Crippen molar-refractivity contribution in [1.29, 1.82) is 0 Å². The molecule has 1 unspecified atom stereocenters. The Balaban J connectivity index is 1.27. The number of aromatic nitrogens is 3. The van der Waals surface area contributed by atoms with Crippen LogP contribution < -0.4 is 20.3 Å². The maximum Gasteiger partial charge on any atom is 0.269 e. The van der Waals surface area contributed by atoms with Crippen molar-refractivity contribution >= 4 is 33.9 Å². The molecular weight excluding hydrogens is 433 g/mol. The Morgan fingerprint density at radius 1 is 1.28 bits per heavy atom. The van der Waals surface area contributed by atoms with Crippen molar-refractivity contribution in [1.82, 2.24) is 25.2 Å². The van der Waals surface area contributed by atoms with Gasteiger partial charge in [-0.3, -0.25) is 9.69 Å². The van der Waals surface area contributed by atoms with E-state index in [2.05, 4.69) is 35.4 Å². The van der Waals surface area contributed by atoms with Crippen LogP contribution in [0.15, 0.2) is 36.0 Å². The van der Waals surface area contributed by atoms with Gasteiger partial charge in [-0.1, -0.05) is 0 Å². The summed E-state index contributed by atoms with van der Waals surface area (Å²) < 4.78 is 20.9. The predicted molar refractivity (Wildman–Crippen MR) is 119 cm³/mol. The fourth-order valence-electron chi connectivity index (χ4n) is 4.03. The van der Waals surface area contributed by atoms with Gasteiger partial charge in [0.15, 0.2) is 16.8 Å². The van der Waals surface area contributed by atoms with Gasteiger partial charge in [-0.2, -0.15) is 0 Å². The summed E-state index contributed by atoms with van der Waals surface area (Å²) in [5.41, 5.74) is 1.80. The van der Waals surface area contributed by atoms with Crippen molar-refractivity contribution < 1.29 is 13.9 Å². The summed E-state index contributed by atoms with van der Waals surface area (Å²) in [4.78, 5) is 28.9. The van der Waals surface area contributed by atoms with E-state index in [4.69, 9.17) is 4.74 Å². The van der Waals surface area contributed by atoms with Gasteiger partial charge >= 0.3 is 0 Å². The van der Waals surface area contributed by atoms with Gasteiger partial charge in [-0.15, -0.1) is 11.3 Å². The van der Waals surface area contributed by atoms with Gasteiger partial charge in [0.1, 0.15) is 18.0 Å². The Bertz CT molecular complexity index is 1130. The molecule has 32 heavy (non-hydrogen) atoms. The highest BCUT2D eigenvalue weighted by molar-refractivity contribution is 7.13. The number of halogens is 1. The second-order valence-electron chi connectivity index (χ2n) is 7.59. The molecule has 0 saturated carbocycles. The van der Waals surface area contributed by atoms with E-state index in [0.29, 0.717) is 35.4 Å². The zero-order valence-electron chi connectivity index (χ0n) is 17.4. The molecular formula is C21H22FN7O2S. The Morgan fingerprint density at radius 2 is 2.19 bits per heavy atom. The first-order chi connectivity index (χ1) is 15.6. The molecule has 5 rings (SSSR count). The van der Waals surface area contributed by atoms with Crippen LogP contribution in [0.25, 0.3) is 0 Å². The maximum absolute atomic E-state index is 15.0. The number of amides is 1. The van der Waals surface area contributed by atoms with Crippen LogP contribution in [-0.2, 0) is 6.54 Å². The molecule has 0 aliphatic carbocycles. The number of piperazine rings is 1. The lowest BCUT2D eigenvalue weighted by Gasteiger charge is -2.45. The number of pyridine rings is 2. The predicted octanol–water partition coefficient (Wildman–Crippen LogP) is 2.26. The van der Waals surface area contributed by atoms with Crippen molar-refractivity contribution in [3.05, 3.63) is 53.0 Å². The van der Waals surface area contributed by atoms with Gasteiger partial charge in [-0.25, -0.2) is 19.3 Å². The van der Waals surface area contributed by atoms with E-state index < -0.39 is 0 Å². The van der Waals surface area contributed by atoms with E-state index >= 15 is 4.39 Å². The highest BCUT2D eigenvalue weighted by Crippen LogP contribution is 2.34. The van der Waals surface area contributed by atoms with Crippen LogP contribution >= 0.6 is 11.3 Å². The topological polar surface area (TPSA) is 95.5 Å². The molecule has 2 aliphatic heterocycles. The number of hydrogen-bond donors (Lipinski definition) is 2. The van der Waals surface area contributed by atoms with E-state index in [-0.39, 0.29) is 23.6 Å². The highest BCUT2D eigenvalue weighted by atomic mass is 32.1. The van der Waals surface area contributed by atoms with Gasteiger partial charge in [0, 0.05) is 56.6 Å². The summed E-state index contributed by atoms with van der Waals surface area (Å²) in [6.45, 7) is 3.20. The number of ether oxygens (including phenoxy) is 1. The Hall–Kier alpha value is -3.31. The average Bonchev–Trinajstić information content (AvgIpc) is 3.33. The number of hydrogen-bond acceptors (Lipinski definition) is 9. The van der Waals surface area contributed by atoms with Crippen molar-refractivity contribution in [2.24, 2.45) is 0 Å². The molecule has 0 bridgehead atoms. The number of anilines is 3. The Morgan fingerprint density at radius 3 is 3.00 bits per heavy atom. The van der Waals surface area contributed by atoms with Crippen molar-refractivity contribution in [3.8, 4) is 5.88 Å². The third-order valence-electron chi connectivity index (χ3n) is 5.61. The molecule has 2 N–H and O–H groups in total. The standard InChI is InChI=1S/C21H22FN7O2S/c1-23-19(30)15-2-3-16-20(26-15)31-12-14-11-28(7-8-29(14)16)10-13-4-5-24-18(17(13)22)27-21-25-6-9-32-21/h2-6,9,14H,7-8,10-12H2,1H3,(H,23,30)(H,24,25,27). The summed E-state index contributed by atoms with van der Waals surface area (Å²) in [7, 11) is 1.57. The van der Waals surface area contributed by atoms with E-state index in [0.717, 1.165) is 25.3 Å². The zero-order chi connectivity index (χ0) is 22.1. The number of carbonyl (C=O) groups excluding carboxylic acids is 1. The molecule has 3 aromatic rings. The minimum atomic E-state index is -0.360. The SMILES string of the molecule is CNC(=O)c1ccc2c(n1)OCC1CN(Cc3ccnc(Nc4nccs4)c3F)CCN21. The van der Waals surface area contributed by atoms with Crippen LogP contribution in [-0.4, -0.2) is 65.1 Å². The van der Waals surface area contributed by atoms with Gasteiger partial charge in [0.2, 0.25) is 5.88 Å². The summed E-state index contributed by atoms with van der Waals surface area (Å²) in [6, 6.07) is 5.43. The Kier molecular flexibility index (Phi) is 5.58. The lowest BCUT2D eigenvalue weighted by molar-refractivity contribution is 0.0956. The fourth-order valence-corrected chi connectivity index (χ4v) is 4.56. The maximum atomic E-state index is 15.0. The monoisotopic (exact) mass is 455 g/mol. The second-order valence-corrected chi connectivity index (χ2v) is 8.48. The third-order valence-corrected chi connectivity index (χ3v) is 6.30. The number of nitrogens with zero attached hydrogens (tertiary/aromatic N) is 5. The third kappa shape index (κ3) is 3.96. The van der Waals surface area contributed by atoms with Crippen LogP contribution in [0.4, 0.5) is 21.0 Å². The number of rotatable bonds is 5. The molecule has 1 fully saturated rings. The van der Waals surface area contributed by atoms with Crippen LogP contribution in [0.1, 0.15) is 16.1 Å². The highest BCUT2D eigenvalue weighted by Gasteiger charge is 2.34. The Labute approximate surface area is 188 Å². The van der Waals surface area contributed by atoms with Crippen LogP contribution in [0.3, 0.4) is 0 Å². The molecule has 3 aromatic heterocycles. The lowest BCUT2D eigenvalue weighted by atomic mass is 10.1. The van der Waals surface area contributed by atoms with Gasteiger partial charge in [0.05, 0.1) is 6.04 Å². The molecule has 0 spiro atoms. The van der Waals surface area contributed by atoms with E-state index in [1.165, 1.54) is 11.3 Å². The molecule has 0 aromatic carbocycles. The molecule has 2 aliphatic rings. The van der Waals surface area contributed by atoms with Crippen molar-refractivity contribution in [3.63, 3.8) is 0 Å². The summed E-state index contributed by atoms with van der Waals surface area (Å²) in [5, 5.41) is 7.94. The molecule has 1 atom stereocenters. The van der Waals surface area contributed by atoms with E-state index in [1.807, 2.05) is 11.4 Å². The molecule has 166 valence electrons. The molecule has 5 heterocycles. The van der Waals surface area contributed by atoms with Gasteiger partial charge < -0.3 is 20.3 Å². The second kappa shape index (κ2) is 8.67. The van der Waals surface area contributed by atoms with Gasteiger partial charge in [0.25, 0.3) is 5.91 Å². The van der Waals surface area contributed by atoms with E-state index in [1.54, 1.807) is 31.6 Å². The smallest absolute Gasteiger partial charge is 0.269 e. The summed E-state index contributed by atoms with van der Waals surface area (Å²) in [6.07, 6.45) is 3.27. The number of thiazole rings is 1. The quantitative estimate of drug-likeness (QED) is 0.605. The minimum Gasteiger partial charge on any atom is -0.474 e. The van der Waals surface area contributed by atoms with Crippen LogP contribution in [0.2, 0.25) is 0 Å². The zero-order valence-corrected chi connectivity index (χ0v) is 18.2. The van der Waals surface area contributed by atoms with Gasteiger partial charge in [-0.05, 0) is 18.2 Å². The normalized spacial score (nSPS) is 17.8. The fraction of sp³-hybridized carbons (Fsp3) is 0.333. The lowest BCUT2D eigenvalue weighted by Crippen LogP contribution is -2.57. The first-order valence-corrected chi connectivity index (χ1v) is 11.1. The first-order valence-electron chi connectivity index (χ1n) is 10.3. The summed E-state index contributed by atoms with van der Waals surface area (Å²) in [5.74, 6) is 0.0608. The summed E-state index contributed by atoms with van der Waals surface area (Å²) >= 11 is 1.39. The molecule has 11 heteroatoms. The molecule has 9 nitrogen and oxygen atoms in total. The van der Waals surface area contributed by atoms with Crippen molar-refractivity contribution in [2.75, 3.05) is 43.5 Å². The molecule has 1 amide bonds. The van der Waals surface area contributed by atoms with E-state index in [9.17, 15) is 4.79 Å². The van der Waals surface area contributed by atoms with Crippen LogP contribution in [0, 0.1) is 5.82 Å². The minimum absolute atomic E-state index is 0.127. The van der Waals surface area contributed by atoms with Crippen LogP contribution in [0.5, 0.6) is 5.88 Å². The first kappa shape index (κ1) is 20.6.